The van der Waals surface area contributed by atoms with Crippen LogP contribution in [-0.2, 0) is 7.05 Å². The van der Waals surface area contributed by atoms with Gasteiger partial charge in [-0.2, -0.15) is 0 Å². The Morgan fingerprint density at radius 2 is 2.04 bits per heavy atom. The van der Waals surface area contributed by atoms with Gasteiger partial charge < -0.3 is 14.4 Å². The molecule has 2 aromatic heterocycles. The Balaban J connectivity index is 1.59. The molecule has 6 nitrogen and oxygen atoms in total. The van der Waals surface area contributed by atoms with Crippen molar-refractivity contribution in [2.45, 2.75) is 0 Å². The average Bonchev–Trinajstić information content (AvgIpc) is 3.23. The second-order valence-electron chi connectivity index (χ2n) is 5.57. The molecule has 124 valence electrons. The summed E-state index contributed by atoms with van der Waals surface area (Å²) in [5, 5.41) is 7.28. The summed E-state index contributed by atoms with van der Waals surface area (Å²) in [6, 6.07) is 14.3. The van der Waals surface area contributed by atoms with Gasteiger partial charge in [-0.1, -0.05) is 35.0 Å². The first-order valence-corrected chi connectivity index (χ1v) is 7.93. The van der Waals surface area contributed by atoms with Crippen molar-refractivity contribution in [1.82, 2.24) is 14.7 Å². The molecule has 0 radical (unpaired) electrons. The van der Waals surface area contributed by atoms with E-state index < -0.39 is 0 Å². The number of fused-ring (bicyclic) bond motifs is 1. The summed E-state index contributed by atoms with van der Waals surface area (Å²) in [4.78, 5) is 16.7. The highest BCUT2D eigenvalue weighted by Gasteiger charge is 2.16. The molecular formula is C18H13ClN4O2. The molecule has 0 saturated heterocycles. The van der Waals surface area contributed by atoms with E-state index in [-0.39, 0.29) is 11.7 Å². The van der Waals surface area contributed by atoms with Gasteiger partial charge in [0, 0.05) is 24.4 Å². The van der Waals surface area contributed by atoms with E-state index in [0.717, 1.165) is 11.0 Å². The Labute approximate surface area is 148 Å². The number of aromatic nitrogens is 3. The molecule has 4 rings (SSSR count). The minimum absolute atomic E-state index is 0.111. The monoisotopic (exact) mass is 352 g/mol. The van der Waals surface area contributed by atoms with E-state index in [9.17, 15) is 4.79 Å². The number of rotatable bonds is 3. The number of carbonyl (C=O) groups excluding carboxylic acids is 1. The quantitative estimate of drug-likeness (QED) is 0.601. The summed E-state index contributed by atoms with van der Waals surface area (Å²) in [5.74, 6) is -0.271. The van der Waals surface area contributed by atoms with Crippen molar-refractivity contribution in [3.63, 3.8) is 0 Å². The molecule has 0 fully saturated rings. The van der Waals surface area contributed by atoms with Crippen molar-refractivity contribution < 1.29 is 9.32 Å². The normalized spacial score (nSPS) is 11.0. The number of amides is 1. The molecular weight excluding hydrogens is 340 g/mol. The van der Waals surface area contributed by atoms with Gasteiger partial charge in [-0.3, -0.25) is 4.79 Å². The summed E-state index contributed by atoms with van der Waals surface area (Å²) in [6.07, 6.45) is 1.72. The van der Waals surface area contributed by atoms with Crippen LogP contribution in [0.25, 0.3) is 22.3 Å². The minimum Gasteiger partial charge on any atom is -0.350 e. The van der Waals surface area contributed by atoms with Gasteiger partial charge in [-0.15, -0.1) is 0 Å². The smallest absolute Gasteiger partial charge is 0.294 e. The highest BCUT2D eigenvalue weighted by Crippen LogP contribution is 2.27. The third-order valence-electron chi connectivity index (χ3n) is 3.87. The summed E-state index contributed by atoms with van der Waals surface area (Å²) in [6.45, 7) is 0. The second kappa shape index (κ2) is 6.07. The van der Waals surface area contributed by atoms with E-state index in [1.807, 2.05) is 41.9 Å². The fourth-order valence-electron chi connectivity index (χ4n) is 2.57. The fourth-order valence-corrected chi connectivity index (χ4v) is 2.81. The fraction of sp³-hybridized carbons (Fsp3) is 0.0556. The number of hydrogen-bond acceptors (Lipinski definition) is 4. The molecule has 0 aliphatic carbocycles. The van der Waals surface area contributed by atoms with Crippen LogP contribution in [0.5, 0.6) is 0 Å². The average molecular weight is 353 g/mol. The topological polar surface area (TPSA) is 73.0 Å². The van der Waals surface area contributed by atoms with Crippen molar-refractivity contribution in [3.05, 3.63) is 65.6 Å². The molecule has 2 aromatic carbocycles. The van der Waals surface area contributed by atoms with Gasteiger partial charge in [0.15, 0.2) is 0 Å². The van der Waals surface area contributed by atoms with E-state index in [1.165, 1.54) is 0 Å². The SMILES string of the molecule is Cn1cnc2ccc(NC(=O)c3cc(-c4ccccc4Cl)no3)cc21. The zero-order chi connectivity index (χ0) is 17.4. The summed E-state index contributed by atoms with van der Waals surface area (Å²) < 4.78 is 7.05. The molecule has 0 atom stereocenters. The summed E-state index contributed by atoms with van der Waals surface area (Å²) in [7, 11) is 1.90. The Hall–Kier alpha value is -3.12. The first kappa shape index (κ1) is 15.4. The maximum absolute atomic E-state index is 12.4. The summed E-state index contributed by atoms with van der Waals surface area (Å²) >= 11 is 6.15. The molecule has 0 spiro atoms. The van der Waals surface area contributed by atoms with Gasteiger partial charge in [-0.05, 0) is 24.3 Å². The second-order valence-corrected chi connectivity index (χ2v) is 5.98. The maximum Gasteiger partial charge on any atom is 0.294 e. The van der Waals surface area contributed by atoms with Crippen LogP contribution in [0.1, 0.15) is 10.6 Å². The van der Waals surface area contributed by atoms with Crippen LogP contribution >= 0.6 is 11.6 Å². The number of carbonyl (C=O) groups is 1. The molecule has 0 aliphatic heterocycles. The standard InChI is InChI=1S/C18H13ClN4O2/c1-23-10-20-14-7-6-11(8-16(14)23)21-18(24)17-9-15(22-25-17)12-4-2-3-5-13(12)19/h2-10H,1H3,(H,21,24). The lowest BCUT2D eigenvalue weighted by molar-refractivity contribution is 0.0988. The molecule has 7 heteroatoms. The predicted octanol–water partition coefficient (Wildman–Crippen LogP) is 4.13. The number of nitrogens with one attached hydrogen (secondary N) is 1. The summed E-state index contributed by atoms with van der Waals surface area (Å²) in [5.41, 5.74) is 3.66. The van der Waals surface area contributed by atoms with Crippen LogP contribution in [0.2, 0.25) is 5.02 Å². The number of nitrogens with zero attached hydrogens (tertiary/aromatic N) is 3. The largest absolute Gasteiger partial charge is 0.350 e. The maximum atomic E-state index is 12.4. The number of hydrogen-bond donors (Lipinski definition) is 1. The lowest BCUT2D eigenvalue weighted by Crippen LogP contribution is -2.10. The third-order valence-corrected chi connectivity index (χ3v) is 4.20. The molecule has 0 bridgehead atoms. The number of imidazole rings is 1. The van der Waals surface area contributed by atoms with Gasteiger partial charge in [0.05, 0.1) is 22.4 Å². The van der Waals surface area contributed by atoms with E-state index in [1.54, 1.807) is 24.5 Å². The van der Waals surface area contributed by atoms with Crippen LogP contribution < -0.4 is 5.32 Å². The van der Waals surface area contributed by atoms with Crippen LogP contribution in [0.4, 0.5) is 5.69 Å². The number of aryl methyl sites for hydroxylation is 1. The number of benzene rings is 2. The Morgan fingerprint density at radius 3 is 2.88 bits per heavy atom. The van der Waals surface area contributed by atoms with E-state index in [0.29, 0.717) is 22.0 Å². The molecule has 0 aliphatic rings. The molecule has 0 unspecified atom stereocenters. The molecule has 4 aromatic rings. The first-order chi connectivity index (χ1) is 12.1. The van der Waals surface area contributed by atoms with Crippen LogP contribution in [0.3, 0.4) is 0 Å². The van der Waals surface area contributed by atoms with E-state index in [2.05, 4.69) is 15.5 Å². The molecule has 1 N–H and O–H groups in total. The van der Waals surface area contributed by atoms with Crippen molar-refractivity contribution in [2.24, 2.45) is 7.05 Å². The zero-order valence-electron chi connectivity index (χ0n) is 13.2. The lowest BCUT2D eigenvalue weighted by atomic mass is 10.1. The first-order valence-electron chi connectivity index (χ1n) is 7.56. The Bertz CT molecular complexity index is 1080. The molecule has 2 heterocycles. The van der Waals surface area contributed by atoms with Crippen molar-refractivity contribution in [2.75, 3.05) is 5.32 Å². The Kier molecular flexibility index (Phi) is 3.74. The van der Waals surface area contributed by atoms with Crippen LogP contribution in [-0.4, -0.2) is 20.6 Å². The number of halogens is 1. The van der Waals surface area contributed by atoms with E-state index >= 15 is 0 Å². The third kappa shape index (κ3) is 2.88. The van der Waals surface area contributed by atoms with Gasteiger partial charge >= 0.3 is 0 Å². The molecule has 25 heavy (non-hydrogen) atoms. The van der Waals surface area contributed by atoms with Crippen LogP contribution in [0.15, 0.2) is 59.4 Å². The van der Waals surface area contributed by atoms with Gasteiger partial charge in [-0.25, -0.2) is 4.98 Å². The van der Waals surface area contributed by atoms with Gasteiger partial charge in [0.1, 0.15) is 5.69 Å². The van der Waals surface area contributed by atoms with E-state index in [4.69, 9.17) is 16.1 Å². The molecule has 0 saturated carbocycles. The lowest BCUT2D eigenvalue weighted by Gasteiger charge is -2.03. The highest BCUT2D eigenvalue weighted by molar-refractivity contribution is 6.33. The highest BCUT2D eigenvalue weighted by atomic mass is 35.5. The van der Waals surface area contributed by atoms with Gasteiger partial charge in [0.25, 0.3) is 5.91 Å². The van der Waals surface area contributed by atoms with Crippen molar-refractivity contribution in [3.8, 4) is 11.3 Å². The Morgan fingerprint density at radius 1 is 1.20 bits per heavy atom. The zero-order valence-corrected chi connectivity index (χ0v) is 14.0. The van der Waals surface area contributed by atoms with Crippen molar-refractivity contribution >= 4 is 34.2 Å². The van der Waals surface area contributed by atoms with Crippen LogP contribution in [0, 0.1) is 0 Å². The minimum atomic E-state index is -0.382. The van der Waals surface area contributed by atoms with Crippen molar-refractivity contribution in [1.29, 1.82) is 0 Å². The van der Waals surface area contributed by atoms with Gasteiger partial charge in [0.2, 0.25) is 5.76 Å². The molecule has 1 amide bonds. The number of anilines is 1. The predicted molar refractivity (Wildman–Crippen MR) is 95.6 cm³/mol.